The van der Waals surface area contributed by atoms with Crippen molar-refractivity contribution in [2.45, 2.75) is 0 Å². The Morgan fingerprint density at radius 2 is 1.71 bits per heavy atom. The molecule has 2 amide bonds. The van der Waals surface area contributed by atoms with Gasteiger partial charge in [0.2, 0.25) is 5.91 Å². The summed E-state index contributed by atoms with van der Waals surface area (Å²) in [6.45, 7) is 0. The Balaban J connectivity index is 1.63. The molecule has 3 aromatic rings. The van der Waals surface area contributed by atoms with E-state index >= 15 is 0 Å². The van der Waals surface area contributed by atoms with E-state index in [0.717, 1.165) is 0 Å². The first kappa shape index (κ1) is 18.6. The number of benzene rings is 2. The zero-order valence-electron chi connectivity index (χ0n) is 14.5. The maximum Gasteiger partial charge on any atom is 0.291 e. The summed E-state index contributed by atoms with van der Waals surface area (Å²) in [6.07, 6.45) is 4.15. The molecule has 0 aliphatic carbocycles. The van der Waals surface area contributed by atoms with E-state index in [0.29, 0.717) is 16.9 Å². The fourth-order valence-electron chi connectivity index (χ4n) is 2.37. The number of amides is 2. The van der Waals surface area contributed by atoms with Crippen LogP contribution in [0.2, 0.25) is 0 Å². The molecule has 8 nitrogen and oxygen atoms in total. The molecule has 0 saturated heterocycles. The van der Waals surface area contributed by atoms with Crippen LogP contribution in [0.15, 0.2) is 77.4 Å². The van der Waals surface area contributed by atoms with Gasteiger partial charge in [0, 0.05) is 29.6 Å². The SMILES string of the molecule is O=C(/C=C/c1cccc([N+](=O)[O-])c1)Nc1cccc(NC(=O)c2ccco2)c1. The summed E-state index contributed by atoms with van der Waals surface area (Å²) in [5, 5.41) is 16.1. The number of nitro groups is 1. The van der Waals surface area contributed by atoms with E-state index in [1.807, 2.05) is 0 Å². The van der Waals surface area contributed by atoms with Crippen molar-refractivity contribution in [3.8, 4) is 0 Å². The van der Waals surface area contributed by atoms with Gasteiger partial charge in [-0.25, -0.2) is 0 Å². The van der Waals surface area contributed by atoms with Gasteiger partial charge < -0.3 is 15.1 Å². The van der Waals surface area contributed by atoms with Crippen molar-refractivity contribution in [1.82, 2.24) is 0 Å². The summed E-state index contributed by atoms with van der Waals surface area (Å²) in [5.74, 6) is -0.644. The Labute approximate surface area is 159 Å². The summed E-state index contributed by atoms with van der Waals surface area (Å²) < 4.78 is 5.03. The van der Waals surface area contributed by atoms with Gasteiger partial charge in [0.15, 0.2) is 5.76 Å². The molecule has 0 fully saturated rings. The molecule has 8 heteroatoms. The lowest BCUT2D eigenvalue weighted by atomic mass is 10.2. The van der Waals surface area contributed by atoms with Crippen molar-refractivity contribution in [3.05, 3.63) is 94.4 Å². The van der Waals surface area contributed by atoms with Gasteiger partial charge in [-0.05, 0) is 42.0 Å². The molecule has 3 rings (SSSR count). The molecule has 0 unspecified atom stereocenters. The number of furan rings is 1. The summed E-state index contributed by atoms with van der Waals surface area (Å²) in [7, 11) is 0. The molecule has 0 spiro atoms. The Morgan fingerprint density at radius 1 is 0.964 bits per heavy atom. The molecule has 0 radical (unpaired) electrons. The smallest absolute Gasteiger partial charge is 0.291 e. The lowest BCUT2D eigenvalue weighted by Gasteiger charge is -2.07. The third-order valence-electron chi connectivity index (χ3n) is 3.64. The van der Waals surface area contributed by atoms with E-state index in [1.165, 1.54) is 30.5 Å². The number of nitrogens with one attached hydrogen (secondary N) is 2. The van der Waals surface area contributed by atoms with Gasteiger partial charge in [0.25, 0.3) is 11.6 Å². The first-order valence-electron chi connectivity index (χ1n) is 8.20. The molecular weight excluding hydrogens is 362 g/mol. The van der Waals surface area contributed by atoms with Crippen molar-refractivity contribution in [3.63, 3.8) is 0 Å². The second kappa shape index (κ2) is 8.45. The number of hydrogen-bond donors (Lipinski definition) is 2. The molecule has 0 atom stereocenters. The molecule has 140 valence electrons. The van der Waals surface area contributed by atoms with Crippen LogP contribution in [0.1, 0.15) is 16.1 Å². The molecule has 1 heterocycles. The molecule has 0 aliphatic heterocycles. The van der Waals surface area contributed by atoms with Gasteiger partial charge >= 0.3 is 0 Å². The van der Waals surface area contributed by atoms with Crippen molar-refractivity contribution < 1.29 is 18.9 Å². The van der Waals surface area contributed by atoms with Crippen LogP contribution in [-0.2, 0) is 4.79 Å². The average Bonchev–Trinajstić information content (AvgIpc) is 3.22. The van der Waals surface area contributed by atoms with Crippen LogP contribution >= 0.6 is 0 Å². The van der Waals surface area contributed by atoms with Crippen LogP contribution in [0.4, 0.5) is 17.1 Å². The minimum Gasteiger partial charge on any atom is -0.459 e. The van der Waals surface area contributed by atoms with E-state index < -0.39 is 16.7 Å². The normalized spacial score (nSPS) is 10.6. The monoisotopic (exact) mass is 377 g/mol. The fraction of sp³-hybridized carbons (Fsp3) is 0. The standard InChI is InChI=1S/C20H15N3O5/c24-19(10-9-14-4-1-7-17(12-14)23(26)27)21-15-5-2-6-16(13-15)22-20(25)18-8-3-11-28-18/h1-13H,(H,21,24)(H,22,25)/b10-9+. The van der Waals surface area contributed by atoms with Crippen LogP contribution in [0.5, 0.6) is 0 Å². The zero-order chi connectivity index (χ0) is 19.9. The van der Waals surface area contributed by atoms with Crippen LogP contribution in [0, 0.1) is 10.1 Å². The predicted molar refractivity (Wildman–Crippen MR) is 104 cm³/mol. The number of nitro benzene ring substituents is 1. The Hall–Kier alpha value is -4.20. The first-order chi connectivity index (χ1) is 13.5. The summed E-state index contributed by atoms with van der Waals surface area (Å²) in [5.41, 5.74) is 1.44. The van der Waals surface area contributed by atoms with Gasteiger partial charge in [-0.3, -0.25) is 19.7 Å². The molecular formula is C20H15N3O5. The predicted octanol–water partition coefficient (Wildman–Crippen LogP) is 4.09. The second-order valence-electron chi connectivity index (χ2n) is 5.69. The van der Waals surface area contributed by atoms with Gasteiger partial charge in [0.05, 0.1) is 11.2 Å². The van der Waals surface area contributed by atoms with Gasteiger partial charge in [0.1, 0.15) is 0 Å². The van der Waals surface area contributed by atoms with Crippen molar-refractivity contribution >= 4 is 35.0 Å². The van der Waals surface area contributed by atoms with E-state index in [9.17, 15) is 19.7 Å². The molecule has 1 aromatic heterocycles. The number of hydrogen-bond acceptors (Lipinski definition) is 5. The van der Waals surface area contributed by atoms with E-state index in [-0.39, 0.29) is 11.4 Å². The highest BCUT2D eigenvalue weighted by Gasteiger charge is 2.09. The van der Waals surface area contributed by atoms with Crippen molar-refractivity contribution in [2.75, 3.05) is 10.6 Å². The maximum absolute atomic E-state index is 12.1. The quantitative estimate of drug-likeness (QED) is 0.381. The Morgan fingerprint density at radius 3 is 2.43 bits per heavy atom. The maximum atomic E-state index is 12.1. The highest BCUT2D eigenvalue weighted by molar-refractivity contribution is 6.04. The zero-order valence-corrected chi connectivity index (χ0v) is 14.5. The fourth-order valence-corrected chi connectivity index (χ4v) is 2.37. The van der Waals surface area contributed by atoms with Gasteiger partial charge in [-0.2, -0.15) is 0 Å². The minimum absolute atomic E-state index is 0.0532. The largest absolute Gasteiger partial charge is 0.459 e. The van der Waals surface area contributed by atoms with Crippen LogP contribution in [0.25, 0.3) is 6.08 Å². The highest BCUT2D eigenvalue weighted by Crippen LogP contribution is 2.17. The van der Waals surface area contributed by atoms with E-state index in [4.69, 9.17) is 4.42 Å². The number of rotatable bonds is 6. The lowest BCUT2D eigenvalue weighted by molar-refractivity contribution is -0.384. The summed E-state index contributed by atoms with van der Waals surface area (Å²) in [6, 6.07) is 15.7. The van der Waals surface area contributed by atoms with Crippen molar-refractivity contribution in [1.29, 1.82) is 0 Å². The highest BCUT2D eigenvalue weighted by atomic mass is 16.6. The third-order valence-corrected chi connectivity index (χ3v) is 3.64. The molecule has 0 aliphatic rings. The Bertz CT molecular complexity index is 1040. The van der Waals surface area contributed by atoms with E-state index in [2.05, 4.69) is 10.6 Å². The molecule has 28 heavy (non-hydrogen) atoms. The van der Waals surface area contributed by atoms with Crippen LogP contribution in [0.3, 0.4) is 0 Å². The number of non-ortho nitro benzene ring substituents is 1. The third kappa shape index (κ3) is 4.92. The van der Waals surface area contributed by atoms with Crippen molar-refractivity contribution in [2.24, 2.45) is 0 Å². The topological polar surface area (TPSA) is 114 Å². The van der Waals surface area contributed by atoms with Gasteiger partial charge in [-0.1, -0.05) is 18.2 Å². The summed E-state index contributed by atoms with van der Waals surface area (Å²) in [4.78, 5) is 34.4. The minimum atomic E-state index is -0.500. The van der Waals surface area contributed by atoms with Crippen LogP contribution < -0.4 is 10.6 Å². The summed E-state index contributed by atoms with van der Waals surface area (Å²) >= 11 is 0. The van der Waals surface area contributed by atoms with Gasteiger partial charge in [-0.15, -0.1) is 0 Å². The molecule has 2 N–H and O–H groups in total. The second-order valence-corrected chi connectivity index (χ2v) is 5.69. The molecule has 0 bridgehead atoms. The van der Waals surface area contributed by atoms with Crippen LogP contribution in [-0.4, -0.2) is 16.7 Å². The number of anilines is 2. The number of carbonyl (C=O) groups is 2. The Kier molecular flexibility index (Phi) is 5.61. The number of nitrogens with zero attached hydrogens (tertiary/aromatic N) is 1. The first-order valence-corrected chi connectivity index (χ1v) is 8.20. The number of carbonyl (C=O) groups excluding carboxylic acids is 2. The molecule has 2 aromatic carbocycles. The lowest BCUT2D eigenvalue weighted by Crippen LogP contribution is -2.12. The molecule has 0 saturated carbocycles. The average molecular weight is 377 g/mol. The van der Waals surface area contributed by atoms with E-state index in [1.54, 1.807) is 48.5 Å².